The first-order valence-electron chi connectivity index (χ1n) is 4.53. The molecule has 0 fully saturated rings. The summed E-state index contributed by atoms with van der Waals surface area (Å²) in [6, 6.07) is 1.15. The van der Waals surface area contributed by atoms with Gasteiger partial charge in [-0.25, -0.2) is 0 Å². The minimum atomic E-state index is -4.58. The maximum absolute atomic E-state index is 12.2. The number of hydrogen-bond acceptors (Lipinski definition) is 2. The van der Waals surface area contributed by atoms with Crippen LogP contribution < -0.4 is 0 Å². The molecule has 88 valence electrons. The van der Waals surface area contributed by atoms with E-state index < -0.39 is 28.6 Å². The van der Waals surface area contributed by atoms with Gasteiger partial charge in [-0.05, 0) is 5.92 Å². The third-order valence-electron chi connectivity index (χ3n) is 2.24. The van der Waals surface area contributed by atoms with Gasteiger partial charge in [0.05, 0.1) is 6.07 Å². The predicted molar refractivity (Wildman–Crippen MR) is 52.5 cm³/mol. The third-order valence-corrected chi connectivity index (χ3v) is 4.27. The predicted octanol–water partition coefficient (Wildman–Crippen LogP) is 2.48. The fraction of sp³-hybridized carbons (Fsp3) is 0.889. The van der Waals surface area contributed by atoms with E-state index in [0.29, 0.717) is 0 Å². The van der Waals surface area contributed by atoms with Gasteiger partial charge in [-0.1, -0.05) is 20.8 Å². The van der Waals surface area contributed by atoms with Crippen molar-refractivity contribution in [3.63, 3.8) is 0 Å². The molecule has 0 aromatic rings. The number of rotatable bonds is 4. The molecular formula is C9H14F3NOS. The van der Waals surface area contributed by atoms with Gasteiger partial charge < -0.3 is 0 Å². The highest BCUT2D eigenvalue weighted by Gasteiger charge is 2.41. The molecular weight excluding hydrogens is 227 g/mol. The van der Waals surface area contributed by atoms with Crippen LogP contribution in [0, 0.1) is 23.2 Å². The zero-order chi connectivity index (χ0) is 12.2. The maximum atomic E-state index is 12.2. The lowest BCUT2D eigenvalue weighted by molar-refractivity contribution is -0.153. The molecule has 0 radical (unpaired) electrons. The molecule has 0 spiro atoms. The summed E-state index contributed by atoms with van der Waals surface area (Å²) in [5, 5.41) is 8.00. The van der Waals surface area contributed by atoms with Crippen LogP contribution in [0.3, 0.4) is 0 Å². The van der Waals surface area contributed by atoms with Crippen molar-refractivity contribution in [2.75, 3.05) is 5.75 Å². The summed E-state index contributed by atoms with van der Waals surface area (Å²) in [6.07, 6.45) is -4.58. The molecule has 0 rings (SSSR count). The molecule has 0 saturated heterocycles. The van der Waals surface area contributed by atoms with E-state index in [9.17, 15) is 17.4 Å². The van der Waals surface area contributed by atoms with E-state index in [1.54, 1.807) is 20.8 Å². The van der Waals surface area contributed by atoms with Crippen LogP contribution in [-0.2, 0) is 10.8 Å². The Labute approximate surface area is 89.9 Å². The molecule has 0 heterocycles. The fourth-order valence-electron chi connectivity index (χ4n) is 0.825. The Morgan fingerprint density at radius 2 is 1.80 bits per heavy atom. The van der Waals surface area contributed by atoms with Crippen molar-refractivity contribution in [2.24, 2.45) is 11.8 Å². The maximum Gasteiger partial charge on any atom is 0.405 e. The number of hydrogen-bond donors (Lipinski definition) is 0. The number of halogens is 3. The Morgan fingerprint density at radius 3 is 2.07 bits per heavy atom. The second-order valence-corrected chi connectivity index (χ2v) is 5.56. The van der Waals surface area contributed by atoms with Crippen molar-refractivity contribution in [2.45, 2.75) is 32.2 Å². The van der Waals surface area contributed by atoms with Crippen LogP contribution in [0.15, 0.2) is 0 Å². The van der Waals surface area contributed by atoms with Gasteiger partial charge in [-0.2, -0.15) is 18.4 Å². The molecule has 2 nitrogen and oxygen atoms in total. The summed E-state index contributed by atoms with van der Waals surface area (Å²) in [6.45, 7) is 5.21. The minimum absolute atomic E-state index is 0.0402. The molecule has 0 bridgehead atoms. The van der Waals surface area contributed by atoms with Crippen LogP contribution in [0.1, 0.15) is 20.8 Å². The molecule has 0 amide bonds. The molecule has 6 heteroatoms. The zero-order valence-corrected chi connectivity index (χ0v) is 9.65. The molecule has 0 aliphatic heterocycles. The minimum Gasteiger partial charge on any atom is -0.259 e. The Hall–Kier alpha value is -0.570. The van der Waals surface area contributed by atoms with Gasteiger partial charge in [0.2, 0.25) is 0 Å². The lowest BCUT2D eigenvalue weighted by Crippen LogP contribution is -2.31. The lowest BCUT2D eigenvalue weighted by atomic mass is 10.2. The summed E-state index contributed by atoms with van der Waals surface area (Å²) in [5.74, 6) is -2.71. The summed E-state index contributed by atoms with van der Waals surface area (Å²) >= 11 is 0. The fourth-order valence-corrected chi connectivity index (χ4v) is 2.33. The van der Waals surface area contributed by atoms with Crippen molar-refractivity contribution >= 4 is 10.8 Å². The van der Waals surface area contributed by atoms with E-state index in [1.807, 2.05) is 0 Å². The van der Waals surface area contributed by atoms with Gasteiger partial charge in [-0.15, -0.1) is 0 Å². The molecule has 0 aliphatic carbocycles. The standard InChI is InChI=1S/C9H14F3NOS/c1-6(2)7(3)15(14)5-8(4-13)9(10,11)12/h6-8H,5H2,1-3H3. The van der Waals surface area contributed by atoms with Crippen molar-refractivity contribution in [1.82, 2.24) is 0 Å². The first kappa shape index (κ1) is 14.4. The summed E-state index contributed by atoms with van der Waals surface area (Å²) in [7, 11) is -1.61. The average molecular weight is 241 g/mol. The van der Waals surface area contributed by atoms with Crippen LogP contribution >= 0.6 is 0 Å². The van der Waals surface area contributed by atoms with Gasteiger partial charge in [-0.3, -0.25) is 4.21 Å². The third kappa shape index (κ3) is 4.65. The van der Waals surface area contributed by atoms with E-state index in [1.165, 1.54) is 0 Å². The summed E-state index contributed by atoms with van der Waals surface area (Å²) in [4.78, 5) is 0. The van der Waals surface area contributed by atoms with E-state index >= 15 is 0 Å². The molecule has 0 aromatic heterocycles. The molecule has 0 aromatic carbocycles. The van der Waals surface area contributed by atoms with Crippen LogP contribution in [-0.4, -0.2) is 21.4 Å². The number of nitrogens with zero attached hydrogens (tertiary/aromatic N) is 1. The van der Waals surface area contributed by atoms with E-state index in [2.05, 4.69) is 0 Å². The van der Waals surface area contributed by atoms with E-state index in [4.69, 9.17) is 5.26 Å². The summed E-state index contributed by atoms with van der Waals surface area (Å²) in [5.41, 5.74) is 0. The van der Waals surface area contributed by atoms with Crippen LogP contribution in [0.25, 0.3) is 0 Å². The molecule has 15 heavy (non-hydrogen) atoms. The van der Waals surface area contributed by atoms with Crippen LogP contribution in [0.2, 0.25) is 0 Å². The Balaban J connectivity index is 4.47. The van der Waals surface area contributed by atoms with Gasteiger partial charge in [0.15, 0.2) is 5.92 Å². The normalized spacial score (nSPS) is 18.3. The Morgan fingerprint density at radius 1 is 1.33 bits per heavy atom. The van der Waals surface area contributed by atoms with E-state index in [0.717, 1.165) is 6.07 Å². The van der Waals surface area contributed by atoms with Gasteiger partial charge in [0, 0.05) is 21.8 Å². The molecule has 3 unspecified atom stereocenters. The monoisotopic (exact) mass is 241 g/mol. The van der Waals surface area contributed by atoms with Crippen molar-refractivity contribution in [1.29, 1.82) is 5.26 Å². The van der Waals surface area contributed by atoms with Crippen molar-refractivity contribution in [3.05, 3.63) is 0 Å². The van der Waals surface area contributed by atoms with Crippen LogP contribution in [0.4, 0.5) is 13.2 Å². The molecule has 3 atom stereocenters. The Kier molecular flexibility index (Phi) is 5.29. The first-order chi connectivity index (χ1) is 6.70. The highest BCUT2D eigenvalue weighted by atomic mass is 32.2. The van der Waals surface area contributed by atoms with E-state index in [-0.39, 0.29) is 11.2 Å². The highest BCUT2D eigenvalue weighted by molar-refractivity contribution is 7.85. The van der Waals surface area contributed by atoms with Gasteiger partial charge in [0.1, 0.15) is 0 Å². The summed E-state index contributed by atoms with van der Waals surface area (Å²) < 4.78 is 48.0. The smallest absolute Gasteiger partial charge is 0.259 e. The van der Waals surface area contributed by atoms with Crippen molar-refractivity contribution in [3.8, 4) is 6.07 Å². The Bertz CT molecular complexity index is 270. The quantitative estimate of drug-likeness (QED) is 0.758. The number of nitriles is 1. The molecule has 0 saturated carbocycles. The van der Waals surface area contributed by atoms with Gasteiger partial charge in [0.25, 0.3) is 0 Å². The topological polar surface area (TPSA) is 40.9 Å². The zero-order valence-electron chi connectivity index (χ0n) is 8.84. The van der Waals surface area contributed by atoms with Crippen molar-refractivity contribution < 1.29 is 17.4 Å². The largest absolute Gasteiger partial charge is 0.405 e. The lowest BCUT2D eigenvalue weighted by Gasteiger charge is -2.18. The molecule has 0 aliphatic rings. The SMILES string of the molecule is CC(C)C(C)S(=O)CC(C#N)C(F)(F)F. The first-order valence-corrected chi connectivity index (χ1v) is 5.91. The van der Waals surface area contributed by atoms with Crippen LogP contribution in [0.5, 0.6) is 0 Å². The second-order valence-electron chi connectivity index (χ2n) is 3.72. The highest BCUT2D eigenvalue weighted by Crippen LogP contribution is 2.27. The number of alkyl halides is 3. The molecule has 0 N–H and O–H groups in total. The average Bonchev–Trinajstić information content (AvgIpc) is 2.10. The van der Waals surface area contributed by atoms with Gasteiger partial charge >= 0.3 is 6.18 Å². The second kappa shape index (κ2) is 5.50.